The Morgan fingerprint density at radius 2 is 2.35 bits per heavy atom. The molecule has 0 unspecified atom stereocenters. The summed E-state index contributed by atoms with van der Waals surface area (Å²) in [5.74, 6) is 4.19. The number of hydrogen-bond donors (Lipinski definition) is 2. The zero-order chi connectivity index (χ0) is 16.2. The molecule has 0 aromatic carbocycles. The van der Waals surface area contributed by atoms with E-state index in [4.69, 9.17) is 0 Å². The van der Waals surface area contributed by atoms with Crippen LogP contribution in [0.5, 0.6) is 0 Å². The molecular weight excluding hydrogens is 310 g/mol. The fourth-order valence-electron chi connectivity index (χ4n) is 3.41. The Labute approximate surface area is 142 Å². The van der Waals surface area contributed by atoms with Crippen LogP contribution in [0.25, 0.3) is 0 Å². The number of piperidine rings is 1. The van der Waals surface area contributed by atoms with Gasteiger partial charge in [-0.3, -0.25) is 4.68 Å². The molecule has 3 heterocycles. The van der Waals surface area contributed by atoms with Crippen LogP contribution in [0.4, 0.5) is 10.6 Å². The van der Waals surface area contributed by atoms with Crippen molar-refractivity contribution in [2.45, 2.75) is 32.2 Å². The lowest BCUT2D eigenvalue weighted by Crippen LogP contribution is -2.51. The Bertz CT molecular complexity index is 541. The second kappa shape index (κ2) is 7.47. The quantitative estimate of drug-likeness (QED) is 0.879. The first-order chi connectivity index (χ1) is 11.1. The van der Waals surface area contributed by atoms with E-state index in [-0.39, 0.29) is 12.1 Å². The van der Waals surface area contributed by atoms with Crippen molar-refractivity contribution in [1.29, 1.82) is 0 Å². The minimum Gasteiger partial charge on any atom is -0.355 e. The molecule has 0 radical (unpaired) electrons. The van der Waals surface area contributed by atoms with E-state index in [0.29, 0.717) is 5.92 Å². The van der Waals surface area contributed by atoms with Gasteiger partial charge in [-0.15, -0.1) is 0 Å². The highest BCUT2D eigenvalue weighted by atomic mass is 32.2. The summed E-state index contributed by atoms with van der Waals surface area (Å²) in [5, 5.41) is 10.6. The summed E-state index contributed by atoms with van der Waals surface area (Å²) in [7, 11) is 1.98. The number of amides is 2. The monoisotopic (exact) mass is 337 g/mol. The van der Waals surface area contributed by atoms with Crippen LogP contribution in [-0.2, 0) is 7.05 Å². The summed E-state index contributed by atoms with van der Waals surface area (Å²) in [6.45, 7) is 4.69. The Balaban J connectivity index is 1.48. The lowest BCUT2D eigenvalue weighted by molar-refractivity contribution is 0.233. The number of nitrogens with one attached hydrogen (secondary N) is 2. The summed E-state index contributed by atoms with van der Waals surface area (Å²) in [4.78, 5) is 14.4. The van der Waals surface area contributed by atoms with Gasteiger partial charge in [-0.25, -0.2) is 4.79 Å². The molecule has 0 aliphatic carbocycles. The fraction of sp³-hybridized carbons (Fsp3) is 0.750. The number of urea groups is 1. The van der Waals surface area contributed by atoms with Gasteiger partial charge in [0, 0.05) is 38.8 Å². The van der Waals surface area contributed by atoms with E-state index in [2.05, 4.69) is 26.7 Å². The van der Waals surface area contributed by atoms with Crippen molar-refractivity contribution in [3.05, 3.63) is 11.8 Å². The number of aromatic nitrogens is 2. The molecule has 0 saturated carbocycles. The van der Waals surface area contributed by atoms with Crippen LogP contribution >= 0.6 is 11.8 Å². The number of aryl methyl sites for hydroxylation is 2. The van der Waals surface area contributed by atoms with Crippen molar-refractivity contribution in [2.24, 2.45) is 13.0 Å². The van der Waals surface area contributed by atoms with Gasteiger partial charge in [-0.2, -0.15) is 16.9 Å². The van der Waals surface area contributed by atoms with E-state index >= 15 is 0 Å². The minimum atomic E-state index is -0.0186. The number of carbonyl (C=O) groups excluding carboxylic acids is 1. The summed E-state index contributed by atoms with van der Waals surface area (Å²) in [6, 6.07) is 2.30. The van der Waals surface area contributed by atoms with Crippen LogP contribution in [-0.4, -0.2) is 53.0 Å². The molecule has 2 saturated heterocycles. The van der Waals surface area contributed by atoms with Crippen molar-refractivity contribution in [1.82, 2.24) is 20.4 Å². The minimum absolute atomic E-state index is 0.0186. The zero-order valence-corrected chi connectivity index (χ0v) is 14.9. The third-order valence-corrected chi connectivity index (χ3v) is 5.86. The predicted octanol–water partition coefficient (Wildman–Crippen LogP) is 1.75. The van der Waals surface area contributed by atoms with E-state index in [9.17, 15) is 4.79 Å². The third kappa shape index (κ3) is 4.34. The number of rotatable bonds is 4. The molecule has 0 bridgehead atoms. The van der Waals surface area contributed by atoms with Crippen LogP contribution in [0.15, 0.2) is 6.07 Å². The molecule has 3 rings (SSSR count). The Hall–Kier alpha value is -1.37. The Morgan fingerprint density at radius 1 is 1.48 bits per heavy atom. The van der Waals surface area contributed by atoms with E-state index < -0.39 is 0 Å². The van der Waals surface area contributed by atoms with Gasteiger partial charge in [0.15, 0.2) is 0 Å². The number of thioether (sulfide) groups is 1. The number of carbonyl (C=O) groups is 1. The molecule has 0 spiro atoms. The second-order valence-electron chi connectivity index (χ2n) is 6.64. The van der Waals surface area contributed by atoms with Crippen molar-refractivity contribution >= 4 is 23.6 Å². The molecule has 6 nitrogen and oxygen atoms in total. The molecule has 2 N–H and O–H groups in total. The van der Waals surface area contributed by atoms with Crippen molar-refractivity contribution in [3.63, 3.8) is 0 Å². The highest BCUT2D eigenvalue weighted by Crippen LogP contribution is 2.22. The largest absolute Gasteiger partial charge is 0.355 e. The molecule has 2 amide bonds. The molecular formula is C16H27N5OS. The molecule has 7 heteroatoms. The lowest BCUT2D eigenvalue weighted by Gasteiger charge is -2.34. The molecule has 1 aromatic heterocycles. The molecule has 1 aromatic rings. The number of hydrogen-bond acceptors (Lipinski definition) is 4. The predicted molar refractivity (Wildman–Crippen MR) is 95.1 cm³/mol. The summed E-state index contributed by atoms with van der Waals surface area (Å²) in [6.07, 6.45) is 3.36. The van der Waals surface area contributed by atoms with Gasteiger partial charge < -0.3 is 15.5 Å². The summed E-state index contributed by atoms with van der Waals surface area (Å²) in [5.41, 5.74) is 1.03. The smallest absolute Gasteiger partial charge is 0.315 e. The Kier molecular flexibility index (Phi) is 5.35. The average molecular weight is 337 g/mol. The Morgan fingerprint density at radius 3 is 3.04 bits per heavy atom. The van der Waals surface area contributed by atoms with Crippen molar-refractivity contribution in [2.75, 3.05) is 36.0 Å². The van der Waals surface area contributed by atoms with Crippen LogP contribution in [0.2, 0.25) is 0 Å². The first-order valence-corrected chi connectivity index (χ1v) is 9.65. The maximum Gasteiger partial charge on any atom is 0.315 e. The van der Waals surface area contributed by atoms with Gasteiger partial charge in [0.2, 0.25) is 0 Å². The van der Waals surface area contributed by atoms with Crippen LogP contribution in [0.3, 0.4) is 0 Å². The van der Waals surface area contributed by atoms with Crippen molar-refractivity contribution in [3.8, 4) is 0 Å². The maximum absolute atomic E-state index is 12.1. The first kappa shape index (κ1) is 16.5. The zero-order valence-electron chi connectivity index (χ0n) is 14.0. The van der Waals surface area contributed by atoms with Gasteiger partial charge in [0.05, 0.1) is 5.69 Å². The summed E-state index contributed by atoms with van der Waals surface area (Å²) < 4.78 is 1.93. The molecule has 23 heavy (non-hydrogen) atoms. The molecule has 2 aliphatic heterocycles. The molecule has 2 aliphatic rings. The summed E-state index contributed by atoms with van der Waals surface area (Å²) >= 11 is 1.98. The van der Waals surface area contributed by atoms with Gasteiger partial charge in [0.1, 0.15) is 5.82 Å². The van der Waals surface area contributed by atoms with E-state index in [1.54, 1.807) is 0 Å². The van der Waals surface area contributed by atoms with E-state index in [1.807, 2.05) is 30.4 Å². The second-order valence-corrected chi connectivity index (χ2v) is 7.79. The molecule has 2 fully saturated rings. The van der Waals surface area contributed by atoms with Crippen LogP contribution < -0.4 is 15.5 Å². The fourth-order valence-corrected chi connectivity index (χ4v) is 4.70. The van der Waals surface area contributed by atoms with Gasteiger partial charge >= 0.3 is 6.03 Å². The average Bonchev–Trinajstić information content (AvgIpc) is 3.15. The lowest BCUT2D eigenvalue weighted by atomic mass is 10.1. The first-order valence-electron chi connectivity index (χ1n) is 8.49. The van der Waals surface area contributed by atoms with Crippen LogP contribution in [0.1, 0.15) is 25.0 Å². The molecule has 2 atom stereocenters. The van der Waals surface area contributed by atoms with Gasteiger partial charge in [-0.05, 0) is 43.6 Å². The highest BCUT2D eigenvalue weighted by molar-refractivity contribution is 7.99. The number of anilines is 1. The van der Waals surface area contributed by atoms with Gasteiger partial charge in [0.25, 0.3) is 0 Å². The topological polar surface area (TPSA) is 62.2 Å². The standard InChI is InChI=1S/C16H27N5OS/c1-12-8-15(20(2)19-12)21-6-3-4-14(10-21)18-16(22)17-9-13-5-7-23-11-13/h8,13-14H,3-7,9-11H2,1-2H3,(H2,17,18,22)/t13-,14-/m1/s1. The van der Waals surface area contributed by atoms with E-state index in [0.717, 1.165) is 44.0 Å². The van der Waals surface area contributed by atoms with Gasteiger partial charge in [-0.1, -0.05) is 0 Å². The molecule has 128 valence electrons. The normalized spacial score (nSPS) is 24.7. The maximum atomic E-state index is 12.1. The third-order valence-electron chi connectivity index (χ3n) is 4.63. The SMILES string of the molecule is Cc1cc(N2CCC[C@@H](NC(=O)NC[C@H]3CCSC3)C2)n(C)n1. The van der Waals surface area contributed by atoms with E-state index in [1.165, 1.54) is 17.9 Å². The highest BCUT2D eigenvalue weighted by Gasteiger charge is 2.24. The number of nitrogens with zero attached hydrogens (tertiary/aromatic N) is 3. The van der Waals surface area contributed by atoms with Crippen molar-refractivity contribution < 1.29 is 4.79 Å². The van der Waals surface area contributed by atoms with Crippen LogP contribution in [0, 0.1) is 12.8 Å².